The van der Waals surface area contributed by atoms with Crippen molar-refractivity contribution in [3.8, 4) is 0 Å². The monoisotopic (exact) mass is 283 g/mol. The third-order valence-electron chi connectivity index (χ3n) is 3.69. The van der Waals surface area contributed by atoms with Crippen molar-refractivity contribution < 1.29 is 9.32 Å². The Morgan fingerprint density at radius 1 is 1.29 bits per heavy atom. The summed E-state index contributed by atoms with van der Waals surface area (Å²) in [6.07, 6.45) is 0.615. The topological polar surface area (TPSA) is 67.5 Å². The van der Waals surface area contributed by atoms with Crippen molar-refractivity contribution in [3.05, 3.63) is 47.3 Å². The molecule has 108 valence electrons. The van der Waals surface area contributed by atoms with Crippen LogP contribution >= 0.6 is 0 Å². The van der Waals surface area contributed by atoms with Crippen molar-refractivity contribution in [1.82, 2.24) is 5.16 Å². The number of hydrogen-bond acceptors (Lipinski definition) is 5. The molecule has 0 bridgehead atoms. The largest absolute Gasteiger partial charge is 0.360 e. The van der Waals surface area contributed by atoms with Crippen molar-refractivity contribution in [1.29, 1.82) is 0 Å². The molecule has 5 heteroatoms. The Hall–Kier alpha value is -2.43. The van der Waals surface area contributed by atoms with Crippen LogP contribution in [0.2, 0.25) is 0 Å². The molecule has 0 fully saturated rings. The van der Waals surface area contributed by atoms with E-state index in [2.05, 4.69) is 15.7 Å². The molecular weight excluding hydrogens is 266 g/mol. The number of carbonyl (C=O) groups is 1. The molecule has 0 radical (unpaired) electrons. The third kappa shape index (κ3) is 2.35. The molecule has 5 nitrogen and oxygen atoms in total. The van der Waals surface area contributed by atoms with Crippen LogP contribution in [0.3, 0.4) is 0 Å². The van der Waals surface area contributed by atoms with E-state index in [4.69, 9.17) is 4.52 Å². The van der Waals surface area contributed by atoms with Gasteiger partial charge in [-0.15, -0.1) is 0 Å². The van der Waals surface area contributed by atoms with Crippen molar-refractivity contribution in [2.24, 2.45) is 10.5 Å². The average Bonchev–Trinajstić information content (AvgIpc) is 2.79. The van der Waals surface area contributed by atoms with Gasteiger partial charge in [0.1, 0.15) is 11.5 Å². The molecule has 0 spiro atoms. The molecule has 1 N–H and O–H groups in total. The lowest BCUT2D eigenvalue weighted by Crippen LogP contribution is -2.39. The highest BCUT2D eigenvalue weighted by atomic mass is 16.5. The number of para-hydroxylation sites is 1. The minimum absolute atomic E-state index is 0.108. The number of fused-ring (bicyclic) bond motifs is 1. The number of nitrogens with zero attached hydrogens (tertiary/aromatic N) is 2. The minimum atomic E-state index is -0.391. The SMILES string of the molecule is Cc1noc2c1C(=O)/C(=N\Nc1ccccc1)C(C)(C)C2. The predicted molar refractivity (Wildman–Crippen MR) is 80.6 cm³/mol. The van der Waals surface area contributed by atoms with Gasteiger partial charge >= 0.3 is 0 Å². The maximum atomic E-state index is 12.7. The molecule has 0 saturated carbocycles. The first-order valence-electron chi connectivity index (χ1n) is 6.88. The lowest BCUT2D eigenvalue weighted by Gasteiger charge is -2.28. The van der Waals surface area contributed by atoms with E-state index in [1.54, 1.807) is 6.92 Å². The van der Waals surface area contributed by atoms with E-state index < -0.39 is 5.41 Å². The van der Waals surface area contributed by atoms with E-state index in [-0.39, 0.29) is 5.78 Å². The zero-order valence-electron chi connectivity index (χ0n) is 12.3. The van der Waals surface area contributed by atoms with E-state index in [1.807, 2.05) is 44.2 Å². The molecule has 21 heavy (non-hydrogen) atoms. The van der Waals surface area contributed by atoms with Gasteiger partial charge in [-0.2, -0.15) is 5.10 Å². The number of hydrogen-bond donors (Lipinski definition) is 1. The van der Waals surface area contributed by atoms with Crippen LogP contribution in [0.25, 0.3) is 0 Å². The molecule has 3 rings (SSSR count). The summed E-state index contributed by atoms with van der Waals surface area (Å²) in [5.74, 6) is 0.546. The Bertz CT molecular complexity index is 714. The van der Waals surface area contributed by atoms with Crippen LogP contribution < -0.4 is 5.43 Å². The van der Waals surface area contributed by atoms with Crippen LogP contribution in [-0.4, -0.2) is 16.7 Å². The van der Waals surface area contributed by atoms with Crippen LogP contribution in [0.5, 0.6) is 0 Å². The summed E-state index contributed by atoms with van der Waals surface area (Å²) < 4.78 is 5.26. The fourth-order valence-electron chi connectivity index (χ4n) is 2.57. The van der Waals surface area contributed by atoms with Crippen LogP contribution in [-0.2, 0) is 6.42 Å². The number of carbonyl (C=O) groups excluding carboxylic acids is 1. The lowest BCUT2D eigenvalue weighted by molar-refractivity contribution is 0.104. The summed E-state index contributed by atoms with van der Waals surface area (Å²) >= 11 is 0. The summed E-state index contributed by atoms with van der Waals surface area (Å²) in [7, 11) is 0. The van der Waals surface area contributed by atoms with Gasteiger partial charge in [0.25, 0.3) is 0 Å². The molecule has 1 aliphatic rings. The third-order valence-corrected chi connectivity index (χ3v) is 3.69. The van der Waals surface area contributed by atoms with Gasteiger partial charge in [0.15, 0.2) is 0 Å². The number of rotatable bonds is 2. The molecular formula is C16H17N3O2. The van der Waals surface area contributed by atoms with E-state index >= 15 is 0 Å². The quantitative estimate of drug-likeness (QED) is 0.859. The molecule has 0 atom stereocenters. The first-order valence-corrected chi connectivity index (χ1v) is 6.88. The summed E-state index contributed by atoms with van der Waals surface area (Å²) in [5.41, 5.74) is 5.10. The van der Waals surface area contributed by atoms with Gasteiger partial charge < -0.3 is 4.52 Å². The van der Waals surface area contributed by atoms with Gasteiger partial charge in [-0.1, -0.05) is 37.2 Å². The average molecular weight is 283 g/mol. The van der Waals surface area contributed by atoms with Gasteiger partial charge in [-0.05, 0) is 19.1 Å². The van der Waals surface area contributed by atoms with Crippen molar-refractivity contribution in [2.75, 3.05) is 5.43 Å². The number of Topliss-reactive ketones (excluding diaryl/α,β-unsaturated/α-hetero) is 1. The maximum absolute atomic E-state index is 12.7. The van der Waals surface area contributed by atoms with E-state index in [0.717, 1.165) is 5.69 Å². The molecule has 1 aromatic heterocycles. The van der Waals surface area contributed by atoms with Crippen molar-refractivity contribution >= 4 is 17.2 Å². The number of aromatic nitrogens is 1. The molecule has 1 aromatic carbocycles. The van der Waals surface area contributed by atoms with E-state index in [0.29, 0.717) is 29.2 Å². The van der Waals surface area contributed by atoms with Crippen LogP contribution in [0.1, 0.15) is 35.7 Å². The van der Waals surface area contributed by atoms with Gasteiger partial charge in [0.2, 0.25) is 5.78 Å². The normalized spacial score (nSPS) is 18.6. The Morgan fingerprint density at radius 3 is 2.71 bits per heavy atom. The second-order valence-electron chi connectivity index (χ2n) is 5.89. The molecule has 0 aliphatic heterocycles. The Morgan fingerprint density at radius 2 is 2.00 bits per heavy atom. The Kier molecular flexibility index (Phi) is 3.12. The summed E-state index contributed by atoms with van der Waals surface area (Å²) in [5, 5.41) is 8.25. The summed E-state index contributed by atoms with van der Waals surface area (Å²) in [6.45, 7) is 5.75. The fourth-order valence-corrected chi connectivity index (χ4v) is 2.57. The number of ketones is 1. The highest BCUT2D eigenvalue weighted by molar-refractivity contribution is 6.48. The van der Waals surface area contributed by atoms with Gasteiger partial charge in [-0.25, -0.2) is 0 Å². The molecule has 2 aromatic rings. The van der Waals surface area contributed by atoms with Crippen LogP contribution in [0.15, 0.2) is 40.0 Å². The summed E-state index contributed by atoms with van der Waals surface area (Å²) in [6, 6.07) is 9.57. The number of hydrazone groups is 1. The zero-order chi connectivity index (χ0) is 15.0. The maximum Gasteiger partial charge on any atom is 0.215 e. The number of nitrogens with one attached hydrogen (secondary N) is 1. The first kappa shape index (κ1) is 13.5. The molecule has 1 heterocycles. The molecule has 0 saturated heterocycles. The number of anilines is 1. The van der Waals surface area contributed by atoms with E-state index in [1.165, 1.54) is 0 Å². The van der Waals surface area contributed by atoms with Crippen LogP contribution in [0.4, 0.5) is 5.69 Å². The lowest BCUT2D eigenvalue weighted by atomic mass is 9.74. The van der Waals surface area contributed by atoms with E-state index in [9.17, 15) is 4.79 Å². The molecule has 0 amide bonds. The van der Waals surface area contributed by atoms with Gasteiger partial charge in [0, 0.05) is 11.8 Å². The predicted octanol–water partition coefficient (Wildman–Crippen LogP) is 3.22. The fraction of sp³-hybridized carbons (Fsp3) is 0.312. The minimum Gasteiger partial charge on any atom is -0.360 e. The van der Waals surface area contributed by atoms with Crippen molar-refractivity contribution in [2.45, 2.75) is 27.2 Å². The Balaban J connectivity index is 1.97. The zero-order valence-corrected chi connectivity index (χ0v) is 12.3. The summed E-state index contributed by atoms with van der Waals surface area (Å²) in [4.78, 5) is 12.7. The highest BCUT2D eigenvalue weighted by Gasteiger charge is 2.41. The van der Waals surface area contributed by atoms with Crippen molar-refractivity contribution in [3.63, 3.8) is 0 Å². The van der Waals surface area contributed by atoms with Gasteiger partial charge in [0.05, 0.1) is 16.9 Å². The van der Waals surface area contributed by atoms with Gasteiger partial charge in [-0.3, -0.25) is 10.2 Å². The molecule has 1 aliphatic carbocycles. The number of aryl methyl sites for hydroxylation is 1. The second kappa shape index (κ2) is 4.84. The molecule has 0 unspecified atom stereocenters. The smallest absolute Gasteiger partial charge is 0.215 e. The standard InChI is InChI=1S/C16H17N3O2/c1-10-13-12(21-19-10)9-16(2,3)15(14(13)20)18-17-11-7-5-4-6-8-11/h4-8,17H,9H2,1-3H3/b18-15+. The first-order chi connectivity index (χ1) is 9.99. The number of benzene rings is 1. The second-order valence-corrected chi connectivity index (χ2v) is 5.89. The highest BCUT2D eigenvalue weighted by Crippen LogP contribution is 2.34. The Labute approximate surface area is 123 Å². The van der Waals surface area contributed by atoms with Crippen LogP contribution in [0, 0.1) is 12.3 Å².